The molecule has 0 spiro atoms. The molecule has 1 aliphatic rings. The zero-order valence-corrected chi connectivity index (χ0v) is 19.2. The minimum absolute atomic E-state index is 0.228. The smallest absolute Gasteiger partial charge is 0.329 e. The molecule has 7 nitrogen and oxygen atoms in total. The molecule has 2 heterocycles. The monoisotopic (exact) mass is 480 g/mol. The van der Waals surface area contributed by atoms with Gasteiger partial charge in [0.1, 0.15) is 11.9 Å². The number of benzene rings is 2. The van der Waals surface area contributed by atoms with Crippen LogP contribution in [0.3, 0.4) is 0 Å². The predicted molar refractivity (Wildman–Crippen MR) is 123 cm³/mol. The van der Waals surface area contributed by atoms with E-state index in [1.807, 2.05) is 17.5 Å². The number of nitrogens with one attached hydrogen (secondary N) is 1. The molecule has 1 aromatic heterocycles. The number of ether oxygens (including phenoxy) is 1. The maximum absolute atomic E-state index is 13.3. The van der Waals surface area contributed by atoms with Gasteiger partial charge in [-0.3, -0.25) is 19.3 Å². The second kappa shape index (κ2) is 9.56. The van der Waals surface area contributed by atoms with Crippen molar-refractivity contribution in [3.63, 3.8) is 0 Å². The molecule has 1 aliphatic heterocycles. The fraction of sp³-hybridized carbons (Fsp3) is 0.200. The highest BCUT2D eigenvalue weighted by Gasteiger charge is 2.41. The number of amides is 3. The highest BCUT2D eigenvalue weighted by molar-refractivity contribution is 7.10. The third-order valence-electron chi connectivity index (χ3n) is 5.48. The van der Waals surface area contributed by atoms with E-state index in [2.05, 4.69) is 5.32 Å². The van der Waals surface area contributed by atoms with Gasteiger partial charge in [0.25, 0.3) is 17.7 Å². The molecule has 1 N–H and O–H groups in total. The van der Waals surface area contributed by atoms with E-state index in [9.17, 15) is 23.6 Å². The number of carbonyl (C=O) groups is 4. The molecule has 0 saturated heterocycles. The van der Waals surface area contributed by atoms with E-state index in [-0.39, 0.29) is 11.1 Å². The van der Waals surface area contributed by atoms with E-state index in [0.717, 1.165) is 15.3 Å². The number of imide groups is 1. The summed E-state index contributed by atoms with van der Waals surface area (Å²) in [4.78, 5) is 52.2. The number of carbonyl (C=O) groups excluding carboxylic acids is 4. The third kappa shape index (κ3) is 4.60. The summed E-state index contributed by atoms with van der Waals surface area (Å²) in [5.74, 6) is -3.02. The summed E-state index contributed by atoms with van der Waals surface area (Å²) in [7, 11) is 0. The molecule has 0 bridgehead atoms. The molecule has 2 atom stereocenters. The van der Waals surface area contributed by atoms with Crippen LogP contribution in [0.25, 0.3) is 0 Å². The van der Waals surface area contributed by atoms with Crippen molar-refractivity contribution in [2.75, 3.05) is 6.61 Å². The molecule has 174 valence electrons. The Morgan fingerprint density at radius 3 is 2.44 bits per heavy atom. The lowest BCUT2D eigenvalue weighted by atomic mass is 10.1. The van der Waals surface area contributed by atoms with Crippen molar-refractivity contribution >= 4 is 35.0 Å². The van der Waals surface area contributed by atoms with Crippen molar-refractivity contribution in [3.8, 4) is 0 Å². The molecule has 2 unspecified atom stereocenters. The number of esters is 1. The Morgan fingerprint density at radius 1 is 1.06 bits per heavy atom. The third-order valence-corrected chi connectivity index (χ3v) is 6.42. The lowest BCUT2D eigenvalue weighted by Crippen LogP contribution is -2.44. The fourth-order valence-corrected chi connectivity index (χ4v) is 4.52. The highest BCUT2D eigenvalue weighted by atomic mass is 32.1. The zero-order valence-electron chi connectivity index (χ0n) is 18.4. The largest absolute Gasteiger partial charge is 0.454 e. The average molecular weight is 481 g/mol. The predicted octanol–water partition coefficient (Wildman–Crippen LogP) is 3.63. The topological polar surface area (TPSA) is 92.8 Å². The van der Waals surface area contributed by atoms with E-state index in [1.54, 1.807) is 37.3 Å². The summed E-state index contributed by atoms with van der Waals surface area (Å²) in [6.45, 7) is 2.57. The summed E-state index contributed by atoms with van der Waals surface area (Å²) in [6.07, 6.45) is 0. The number of nitrogens with zero attached hydrogens (tertiary/aromatic N) is 1. The molecule has 9 heteroatoms. The summed E-state index contributed by atoms with van der Waals surface area (Å²) >= 11 is 1.42. The molecule has 0 fully saturated rings. The number of fused-ring (bicyclic) bond motifs is 1. The Labute approximate surface area is 199 Å². The average Bonchev–Trinajstić information content (AvgIpc) is 3.43. The number of thiophene rings is 1. The second-order valence-electron chi connectivity index (χ2n) is 7.88. The molecular weight excluding hydrogens is 459 g/mol. The van der Waals surface area contributed by atoms with Crippen LogP contribution in [-0.4, -0.2) is 41.2 Å². The van der Waals surface area contributed by atoms with Crippen LogP contribution >= 0.6 is 11.3 Å². The Bertz CT molecular complexity index is 1260. The van der Waals surface area contributed by atoms with Crippen molar-refractivity contribution < 1.29 is 28.3 Å². The molecule has 34 heavy (non-hydrogen) atoms. The van der Waals surface area contributed by atoms with E-state index in [4.69, 9.17) is 4.74 Å². The number of aryl methyl sites for hydroxylation is 1. The van der Waals surface area contributed by atoms with Gasteiger partial charge in [-0.1, -0.05) is 29.8 Å². The zero-order chi connectivity index (χ0) is 24.4. The standard InChI is InChI=1S/C25H21FN2O5S/c1-14-5-10-18-19(12-14)24(31)28(23(18)30)15(2)25(32)33-13-21(29)27-22(20-4-3-11-34-20)16-6-8-17(26)9-7-16/h3-12,15,22H,13H2,1-2H3,(H,27,29). The lowest BCUT2D eigenvalue weighted by molar-refractivity contribution is -0.152. The van der Waals surface area contributed by atoms with Gasteiger partial charge >= 0.3 is 5.97 Å². The van der Waals surface area contributed by atoms with Crippen LogP contribution in [0.1, 0.15) is 49.7 Å². The summed E-state index contributed by atoms with van der Waals surface area (Å²) in [5.41, 5.74) is 1.94. The number of halogens is 1. The Morgan fingerprint density at radius 2 is 1.76 bits per heavy atom. The molecule has 0 radical (unpaired) electrons. The lowest BCUT2D eigenvalue weighted by Gasteiger charge is -2.21. The number of rotatable bonds is 7. The molecule has 4 rings (SSSR count). The van der Waals surface area contributed by atoms with Gasteiger partial charge in [0, 0.05) is 4.88 Å². The van der Waals surface area contributed by atoms with Crippen molar-refractivity contribution in [2.24, 2.45) is 0 Å². The van der Waals surface area contributed by atoms with Gasteiger partial charge in [0.2, 0.25) is 0 Å². The van der Waals surface area contributed by atoms with Crippen LogP contribution in [0.2, 0.25) is 0 Å². The van der Waals surface area contributed by atoms with E-state index in [1.165, 1.54) is 30.4 Å². The summed E-state index contributed by atoms with van der Waals surface area (Å²) < 4.78 is 18.5. The maximum atomic E-state index is 13.3. The van der Waals surface area contributed by atoms with Crippen molar-refractivity contribution in [1.29, 1.82) is 0 Å². The fourth-order valence-electron chi connectivity index (χ4n) is 3.72. The van der Waals surface area contributed by atoms with Crippen LogP contribution in [0.5, 0.6) is 0 Å². The summed E-state index contributed by atoms with van der Waals surface area (Å²) in [5, 5.41) is 4.63. The van der Waals surface area contributed by atoms with Crippen LogP contribution in [0.15, 0.2) is 60.0 Å². The molecule has 2 aromatic carbocycles. The van der Waals surface area contributed by atoms with E-state index < -0.39 is 48.2 Å². The first-order valence-electron chi connectivity index (χ1n) is 10.5. The molecular formula is C25H21FN2O5S. The van der Waals surface area contributed by atoms with Crippen molar-refractivity contribution in [2.45, 2.75) is 25.9 Å². The van der Waals surface area contributed by atoms with Gasteiger partial charge in [0.15, 0.2) is 6.61 Å². The second-order valence-corrected chi connectivity index (χ2v) is 8.86. The Kier molecular flexibility index (Phi) is 6.56. The number of hydrogen-bond donors (Lipinski definition) is 1. The van der Waals surface area contributed by atoms with Gasteiger partial charge < -0.3 is 10.1 Å². The molecule has 3 amide bonds. The van der Waals surface area contributed by atoms with Crippen molar-refractivity contribution in [1.82, 2.24) is 10.2 Å². The van der Waals surface area contributed by atoms with Gasteiger partial charge in [-0.2, -0.15) is 0 Å². The minimum Gasteiger partial charge on any atom is -0.454 e. The maximum Gasteiger partial charge on any atom is 0.329 e. The van der Waals surface area contributed by atoms with Crippen LogP contribution < -0.4 is 5.32 Å². The first-order valence-corrected chi connectivity index (χ1v) is 11.4. The molecule has 0 aliphatic carbocycles. The van der Waals surface area contributed by atoms with E-state index >= 15 is 0 Å². The summed E-state index contributed by atoms with van der Waals surface area (Å²) in [6, 6.07) is 12.5. The first-order chi connectivity index (χ1) is 16.3. The Hall–Kier alpha value is -3.85. The SMILES string of the molecule is Cc1ccc2c(c1)C(=O)N(C(C)C(=O)OCC(=O)NC(c1ccc(F)cc1)c1cccs1)C2=O. The number of hydrogen-bond acceptors (Lipinski definition) is 6. The quantitative estimate of drug-likeness (QED) is 0.412. The minimum atomic E-state index is -1.20. The Balaban J connectivity index is 1.40. The van der Waals surface area contributed by atoms with Gasteiger partial charge in [-0.15, -0.1) is 11.3 Å². The van der Waals surface area contributed by atoms with Crippen LogP contribution in [-0.2, 0) is 14.3 Å². The molecule has 0 saturated carbocycles. The van der Waals surface area contributed by atoms with Gasteiger partial charge in [-0.25, -0.2) is 9.18 Å². The van der Waals surface area contributed by atoms with Crippen LogP contribution in [0.4, 0.5) is 4.39 Å². The normalized spacial score (nSPS) is 14.5. The van der Waals surface area contributed by atoms with E-state index in [0.29, 0.717) is 5.56 Å². The van der Waals surface area contributed by atoms with Gasteiger partial charge in [-0.05, 0) is 55.1 Å². The van der Waals surface area contributed by atoms with Gasteiger partial charge in [0.05, 0.1) is 17.2 Å². The van der Waals surface area contributed by atoms with Crippen LogP contribution in [0, 0.1) is 12.7 Å². The first kappa shape index (κ1) is 23.3. The highest BCUT2D eigenvalue weighted by Crippen LogP contribution is 2.27. The molecule has 3 aromatic rings. The van der Waals surface area contributed by atoms with Crippen molar-refractivity contribution in [3.05, 3.63) is 92.9 Å².